The molecular weight excluding hydrogens is 254 g/mol. The monoisotopic (exact) mass is 281 g/mol. The second-order valence-electron chi connectivity index (χ2n) is 3.77. The molecule has 0 aliphatic rings. The minimum atomic E-state index is -0.962. The van der Waals surface area contributed by atoms with Gasteiger partial charge in [0.05, 0.1) is 5.92 Å². The van der Waals surface area contributed by atoms with E-state index in [0.29, 0.717) is 5.69 Å². The van der Waals surface area contributed by atoms with Crippen LogP contribution in [0.15, 0.2) is 30.3 Å². The van der Waals surface area contributed by atoms with Crippen LogP contribution in [0.25, 0.3) is 0 Å². The summed E-state index contributed by atoms with van der Waals surface area (Å²) in [6.45, 7) is 11.1. The third kappa shape index (κ3) is 7.56. The molecule has 0 heterocycles. The van der Waals surface area contributed by atoms with Crippen LogP contribution in [0.3, 0.4) is 0 Å². The van der Waals surface area contributed by atoms with Crippen LogP contribution in [0, 0.1) is 11.8 Å². The number of carbonyl (C=O) groups excluding carboxylic acids is 1. The topological polar surface area (TPSA) is 66.4 Å². The molecule has 0 aromatic heterocycles. The van der Waals surface area contributed by atoms with Crippen LogP contribution in [0.1, 0.15) is 41.5 Å². The maximum Gasteiger partial charge on any atom is 0.307 e. The van der Waals surface area contributed by atoms with Gasteiger partial charge in [-0.1, -0.05) is 59.7 Å². The number of nitrogens with one attached hydrogen (secondary N) is 1. The Morgan fingerprint density at radius 2 is 1.40 bits per heavy atom. The van der Waals surface area contributed by atoms with Crippen molar-refractivity contribution in [1.82, 2.24) is 0 Å². The predicted molar refractivity (Wildman–Crippen MR) is 83.7 cm³/mol. The van der Waals surface area contributed by atoms with E-state index in [2.05, 4.69) is 5.32 Å². The molecule has 114 valence electrons. The number of amides is 1. The van der Waals surface area contributed by atoms with E-state index in [4.69, 9.17) is 5.11 Å². The lowest BCUT2D eigenvalue weighted by Crippen LogP contribution is -2.29. The molecular formula is C16H27NO3. The Kier molecular flexibility index (Phi) is 12.5. The first-order valence-electron chi connectivity index (χ1n) is 7.11. The van der Waals surface area contributed by atoms with Crippen LogP contribution < -0.4 is 5.32 Å². The lowest BCUT2D eigenvalue weighted by atomic mass is 9.95. The summed E-state index contributed by atoms with van der Waals surface area (Å²) in [5.41, 5.74) is 0.678. The first kappa shape index (κ1) is 20.5. The Morgan fingerprint density at radius 3 is 1.80 bits per heavy atom. The van der Waals surface area contributed by atoms with Gasteiger partial charge < -0.3 is 10.4 Å². The summed E-state index contributed by atoms with van der Waals surface area (Å²) in [7, 11) is 0. The zero-order chi connectivity index (χ0) is 16.1. The van der Waals surface area contributed by atoms with Crippen molar-refractivity contribution in [1.29, 1.82) is 0 Å². The average Bonchev–Trinajstić information content (AvgIpc) is 2.50. The zero-order valence-electron chi connectivity index (χ0n) is 13.3. The Bertz CT molecular complexity index is 377. The fraction of sp³-hybridized carbons (Fsp3) is 0.500. The van der Waals surface area contributed by atoms with Crippen molar-refractivity contribution in [3.63, 3.8) is 0 Å². The Labute approximate surface area is 122 Å². The molecule has 2 atom stereocenters. The van der Waals surface area contributed by atoms with Crippen LogP contribution in [-0.2, 0) is 9.59 Å². The predicted octanol–water partition coefficient (Wildman–Crippen LogP) is 4.03. The molecule has 4 heteroatoms. The number of hydrogen-bond donors (Lipinski definition) is 2. The van der Waals surface area contributed by atoms with E-state index < -0.39 is 17.8 Å². The number of anilines is 1. The van der Waals surface area contributed by atoms with Crippen molar-refractivity contribution in [2.75, 3.05) is 5.32 Å². The van der Waals surface area contributed by atoms with Crippen molar-refractivity contribution in [2.45, 2.75) is 41.5 Å². The number of para-hydroxylation sites is 1. The molecule has 0 saturated heterocycles. The summed E-state index contributed by atoms with van der Waals surface area (Å²) in [6, 6.07) is 8.98. The number of rotatable bonds is 4. The number of carbonyl (C=O) groups is 2. The molecule has 0 spiro atoms. The van der Waals surface area contributed by atoms with Gasteiger partial charge in [-0.25, -0.2) is 0 Å². The largest absolute Gasteiger partial charge is 0.481 e. The molecule has 1 aromatic rings. The van der Waals surface area contributed by atoms with Gasteiger partial charge in [0.1, 0.15) is 0 Å². The molecule has 0 radical (unpaired) electrons. The standard InChI is InChI=1S/C12H15NO3.2C2H6/c1-8(9(2)12(15)16)11(14)13-10-6-4-3-5-7-10;2*1-2/h3-9H,1-2H3,(H,13,14)(H,15,16);2*1-2H3. The summed E-state index contributed by atoms with van der Waals surface area (Å²) in [6.07, 6.45) is 0. The van der Waals surface area contributed by atoms with E-state index in [1.165, 1.54) is 6.92 Å². The van der Waals surface area contributed by atoms with Gasteiger partial charge in [0.25, 0.3) is 0 Å². The molecule has 0 aliphatic carbocycles. The van der Waals surface area contributed by atoms with Gasteiger partial charge in [0.15, 0.2) is 0 Å². The van der Waals surface area contributed by atoms with Gasteiger partial charge in [0.2, 0.25) is 5.91 Å². The first-order valence-corrected chi connectivity index (χ1v) is 7.11. The summed E-state index contributed by atoms with van der Waals surface area (Å²) in [5.74, 6) is -2.49. The Morgan fingerprint density at radius 1 is 0.950 bits per heavy atom. The fourth-order valence-electron chi connectivity index (χ4n) is 1.22. The van der Waals surface area contributed by atoms with Gasteiger partial charge in [-0.2, -0.15) is 0 Å². The van der Waals surface area contributed by atoms with Gasteiger partial charge in [0, 0.05) is 11.6 Å². The number of benzene rings is 1. The number of carboxylic acid groups (broad SMARTS) is 1. The quantitative estimate of drug-likeness (QED) is 0.875. The van der Waals surface area contributed by atoms with E-state index >= 15 is 0 Å². The lowest BCUT2D eigenvalue weighted by Gasteiger charge is -2.15. The van der Waals surface area contributed by atoms with E-state index in [9.17, 15) is 9.59 Å². The van der Waals surface area contributed by atoms with Crippen molar-refractivity contribution < 1.29 is 14.7 Å². The highest BCUT2D eigenvalue weighted by atomic mass is 16.4. The van der Waals surface area contributed by atoms with Crippen molar-refractivity contribution in [3.05, 3.63) is 30.3 Å². The molecule has 1 aromatic carbocycles. The van der Waals surface area contributed by atoms with Crippen LogP contribution in [0.5, 0.6) is 0 Å². The summed E-state index contributed by atoms with van der Waals surface area (Å²) in [5, 5.41) is 11.5. The highest BCUT2D eigenvalue weighted by molar-refractivity contribution is 5.94. The molecule has 2 unspecified atom stereocenters. The van der Waals surface area contributed by atoms with Gasteiger partial charge in [-0.05, 0) is 12.1 Å². The molecule has 0 bridgehead atoms. The summed E-state index contributed by atoms with van der Waals surface area (Å²) < 4.78 is 0. The van der Waals surface area contributed by atoms with E-state index in [1.807, 2.05) is 33.8 Å². The fourth-order valence-corrected chi connectivity index (χ4v) is 1.22. The summed E-state index contributed by atoms with van der Waals surface area (Å²) >= 11 is 0. The minimum absolute atomic E-state index is 0.277. The minimum Gasteiger partial charge on any atom is -0.481 e. The van der Waals surface area contributed by atoms with Crippen LogP contribution in [-0.4, -0.2) is 17.0 Å². The van der Waals surface area contributed by atoms with Gasteiger partial charge in [-0.3, -0.25) is 9.59 Å². The maximum atomic E-state index is 11.7. The normalized spacial score (nSPS) is 11.7. The molecule has 1 rings (SSSR count). The summed E-state index contributed by atoms with van der Waals surface area (Å²) in [4.78, 5) is 22.4. The number of carboxylic acids is 1. The second-order valence-corrected chi connectivity index (χ2v) is 3.77. The van der Waals surface area contributed by atoms with Gasteiger partial charge >= 0.3 is 5.97 Å². The van der Waals surface area contributed by atoms with Crippen molar-refractivity contribution >= 4 is 17.6 Å². The molecule has 0 saturated carbocycles. The molecule has 0 fully saturated rings. The van der Waals surface area contributed by atoms with E-state index in [1.54, 1.807) is 31.2 Å². The zero-order valence-corrected chi connectivity index (χ0v) is 13.3. The molecule has 0 aliphatic heterocycles. The van der Waals surface area contributed by atoms with E-state index in [0.717, 1.165) is 0 Å². The highest BCUT2D eigenvalue weighted by Gasteiger charge is 2.25. The van der Waals surface area contributed by atoms with Crippen LogP contribution in [0.2, 0.25) is 0 Å². The average molecular weight is 281 g/mol. The van der Waals surface area contributed by atoms with E-state index in [-0.39, 0.29) is 5.91 Å². The van der Waals surface area contributed by atoms with Crippen LogP contribution in [0.4, 0.5) is 5.69 Å². The smallest absolute Gasteiger partial charge is 0.307 e. The second kappa shape index (κ2) is 12.2. The SMILES string of the molecule is CC.CC.CC(C(=O)O)C(C)C(=O)Nc1ccccc1. The number of hydrogen-bond acceptors (Lipinski definition) is 2. The maximum absolute atomic E-state index is 11.7. The third-order valence-corrected chi connectivity index (χ3v) is 2.59. The molecule has 4 nitrogen and oxygen atoms in total. The third-order valence-electron chi connectivity index (χ3n) is 2.59. The molecule has 20 heavy (non-hydrogen) atoms. The van der Waals surface area contributed by atoms with Gasteiger partial charge in [-0.15, -0.1) is 0 Å². The number of aliphatic carboxylic acids is 1. The molecule has 2 N–H and O–H groups in total. The molecule has 1 amide bonds. The first-order chi connectivity index (χ1) is 9.52. The Balaban J connectivity index is 0. The van der Waals surface area contributed by atoms with Crippen LogP contribution >= 0.6 is 0 Å². The van der Waals surface area contributed by atoms with Crippen molar-refractivity contribution in [3.8, 4) is 0 Å². The highest BCUT2D eigenvalue weighted by Crippen LogP contribution is 2.14. The Hall–Kier alpha value is -1.84. The van der Waals surface area contributed by atoms with Crippen molar-refractivity contribution in [2.24, 2.45) is 11.8 Å². The lowest BCUT2D eigenvalue weighted by molar-refractivity contribution is -0.145.